The summed E-state index contributed by atoms with van der Waals surface area (Å²) < 4.78 is 19.3. The van der Waals surface area contributed by atoms with Crippen molar-refractivity contribution in [2.24, 2.45) is 0 Å². The molecule has 0 unspecified atom stereocenters. The van der Waals surface area contributed by atoms with E-state index in [-0.39, 0.29) is 5.82 Å². The molecule has 3 aromatic rings. The minimum Gasteiger partial charge on any atom is -0.338 e. The van der Waals surface area contributed by atoms with E-state index in [2.05, 4.69) is 15.0 Å². The third kappa shape index (κ3) is 3.33. The zero-order chi connectivity index (χ0) is 15.6. The Labute approximate surface area is 137 Å². The first-order valence-corrected chi connectivity index (χ1v) is 8.51. The van der Waals surface area contributed by atoms with Crippen molar-refractivity contribution in [3.05, 3.63) is 59.0 Å². The zero-order valence-corrected chi connectivity index (χ0v) is 13.3. The second-order valence-electron chi connectivity index (χ2n) is 5.72. The van der Waals surface area contributed by atoms with Crippen LogP contribution in [-0.4, -0.2) is 21.1 Å². The molecule has 1 saturated carbocycles. The molecule has 0 atom stereocenters. The number of hydrogen-bond donors (Lipinski definition) is 0. The van der Waals surface area contributed by atoms with Gasteiger partial charge in [-0.25, -0.2) is 4.39 Å². The highest BCUT2D eigenvalue weighted by Crippen LogP contribution is 2.30. The smallest absolute Gasteiger partial charge is 0.241 e. The normalized spacial score (nSPS) is 14.5. The van der Waals surface area contributed by atoms with E-state index in [9.17, 15) is 4.39 Å². The summed E-state index contributed by atoms with van der Waals surface area (Å²) >= 11 is 1.58. The second-order valence-corrected chi connectivity index (χ2v) is 6.66. The van der Waals surface area contributed by atoms with Crippen molar-refractivity contribution in [2.45, 2.75) is 32.0 Å². The molecule has 23 heavy (non-hydrogen) atoms. The lowest BCUT2D eigenvalue weighted by molar-refractivity contribution is 0.207. The molecule has 0 radical (unpaired) electrons. The highest BCUT2D eigenvalue weighted by Gasteiger charge is 2.30. The van der Waals surface area contributed by atoms with Gasteiger partial charge in [-0.15, -0.1) is 11.3 Å². The monoisotopic (exact) mass is 329 g/mol. The lowest BCUT2D eigenvalue weighted by Crippen LogP contribution is -2.25. The minimum atomic E-state index is -0.164. The number of hydrogen-bond acceptors (Lipinski definition) is 5. The Morgan fingerprint density at radius 1 is 1.17 bits per heavy atom. The van der Waals surface area contributed by atoms with Crippen molar-refractivity contribution in [1.29, 1.82) is 0 Å². The molecule has 4 rings (SSSR count). The van der Waals surface area contributed by atoms with E-state index in [4.69, 9.17) is 4.52 Å². The number of nitrogens with zero attached hydrogens (tertiary/aromatic N) is 3. The SMILES string of the molecule is Fc1ccccc1CN(Cc1nc(-c2cccs2)no1)C1CC1. The van der Waals surface area contributed by atoms with Gasteiger partial charge < -0.3 is 4.52 Å². The Balaban J connectivity index is 1.50. The summed E-state index contributed by atoms with van der Waals surface area (Å²) in [6.45, 7) is 1.12. The van der Waals surface area contributed by atoms with E-state index in [0.29, 0.717) is 36.4 Å². The molecule has 4 nitrogen and oxygen atoms in total. The van der Waals surface area contributed by atoms with Crippen LogP contribution in [0.5, 0.6) is 0 Å². The molecule has 0 bridgehead atoms. The van der Waals surface area contributed by atoms with Gasteiger partial charge in [0.05, 0.1) is 11.4 Å². The quantitative estimate of drug-likeness (QED) is 0.683. The van der Waals surface area contributed by atoms with E-state index in [0.717, 1.165) is 17.7 Å². The molecule has 1 aliphatic rings. The third-order valence-corrected chi connectivity index (χ3v) is 4.81. The Morgan fingerprint density at radius 3 is 2.78 bits per heavy atom. The van der Waals surface area contributed by atoms with Gasteiger partial charge in [0.25, 0.3) is 0 Å². The van der Waals surface area contributed by atoms with Gasteiger partial charge in [-0.05, 0) is 30.4 Å². The molecule has 0 spiro atoms. The maximum Gasteiger partial charge on any atom is 0.241 e. The predicted molar refractivity (Wildman–Crippen MR) is 86.3 cm³/mol. The molecular weight excluding hydrogens is 313 g/mol. The molecule has 1 aromatic carbocycles. The summed E-state index contributed by atoms with van der Waals surface area (Å²) in [6.07, 6.45) is 2.28. The van der Waals surface area contributed by atoms with Crippen LogP contribution in [0.3, 0.4) is 0 Å². The Morgan fingerprint density at radius 2 is 2.04 bits per heavy atom. The summed E-state index contributed by atoms with van der Waals surface area (Å²) in [7, 11) is 0. The summed E-state index contributed by atoms with van der Waals surface area (Å²) in [6, 6.07) is 11.3. The van der Waals surface area contributed by atoms with Crippen LogP contribution in [0.4, 0.5) is 4.39 Å². The van der Waals surface area contributed by atoms with Gasteiger partial charge in [0.2, 0.25) is 11.7 Å². The first-order chi connectivity index (χ1) is 11.3. The van der Waals surface area contributed by atoms with E-state index in [1.54, 1.807) is 17.4 Å². The maximum absolute atomic E-state index is 13.9. The largest absolute Gasteiger partial charge is 0.338 e. The fraction of sp³-hybridized carbons (Fsp3) is 0.294. The molecule has 1 aliphatic carbocycles. The molecule has 6 heteroatoms. The molecule has 118 valence electrons. The van der Waals surface area contributed by atoms with Crippen LogP contribution in [0.1, 0.15) is 24.3 Å². The topological polar surface area (TPSA) is 42.2 Å². The van der Waals surface area contributed by atoms with E-state index in [1.165, 1.54) is 6.07 Å². The number of rotatable bonds is 6. The second kappa shape index (κ2) is 6.22. The number of benzene rings is 1. The summed E-state index contributed by atoms with van der Waals surface area (Å²) in [5.74, 6) is 1.04. The fourth-order valence-corrected chi connectivity index (χ4v) is 3.25. The maximum atomic E-state index is 13.9. The van der Waals surface area contributed by atoms with E-state index >= 15 is 0 Å². The Kier molecular flexibility index (Phi) is 3.93. The zero-order valence-electron chi connectivity index (χ0n) is 12.5. The molecule has 2 aromatic heterocycles. The van der Waals surface area contributed by atoms with E-state index in [1.807, 2.05) is 29.6 Å². The number of thiophene rings is 1. The Hall–Kier alpha value is -2.05. The standard InChI is InChI=1S/C17H16FN3OS/c18-14-5-2-1-4-12(14)10-21(13-7-8-13)11-16-19-17(20-22-16)15-6-3-9-23-15/h1-6,9,13H,7-8,10-11H2. The van der Waals surface area contributed by atoms with Crippen LogP contribution in [-0.2, 0) is 13.1 Å². The van der Waals surface area contributed by atoms with Gasteiger partial charge in [0.15, 0.2) is 0 Å². The molecule has 0 saturated heterocycles. The fourth-order valence-electron chi connectivity index (χ4n) is 2.60. The van der Waals surface area contributed by atoms with Crippen molar-refractivity contribution >= 4 is 11.3 Å². The van der Waals surface area contributed by atoms with Crippen LogP contribution >= 0.6 is 11.3 Å². The van der Waals surface area contributed by atoms with Crippen molar-refractivity contribution in [3.63, 3.8) is 0 Å². The van der Waals surface area contributed by atoms with Gasteiger partial charge in [0, 0.05) is 18.2 Å². The molecular formula is C17H16FN3OS. The molecule has 2 heterocycles. The average Bonchev–Trinajstić information content (AvgIpc) is 3.07. The first-order valence-electron chi connectivity index (χ1n) is 7.63. The molecule has 0 amide bonds. The van der Waals surface area contributed by atoms with Gasteiger partial charge in [-0.3, -0.25) is 4.90 Å². The summed E-state index contributed by atoms with van der Waals surface area (Å²) in [5, 5.41) is 6.03. The lowest BCUT2D eigenvalue weighted by Gasteiger charge is -2.20. The van der Waals surface area contributed by atoms with Crippen LogP contribution in [0, 0.1) is 5.82 Å². The molecule has 1 fully saturated rings. The summed E-state index contributed by atoms with van der Waals surface area (Å²) in [5.41, 5.74) is 0.706. The molecule has 0 aliphatic heterocycles. The van der Waals surface area contributed by atoms with Crippen LogP contribution in [0.25, 0.3) is 10.7 Å². The predicted octanol–water partition coefficient (Wildman–Crippen LogP) is 4.10. The number of halogens is 1. The lowest BCUT2D eigenvalue weighted by atomic mass is 10.2. The number of aromatic nitrogens is 2. The van der Waals surface area contributed by atoms with Crippen LogP contribution in [0.2, 0.25) is 0 Å². The van der Waals surface area contributed by atoms with E-state index < -0.39 is 0 Å². The van der Waals surface area contributed by atoms with Crippen molar-refractivity contribution in [1.82, 2.24) is 15.0 Å². The average molecular weight is 329 g/mol. The highest BCUT2D eigenvalue weighted by atomic mass is 32.1. The van der Waals surface area contributed by atoms with Gasteiger partial charge in [-0.2, -0.15) is 4.98 Å². The first kappa shape index (κ1) is 14.5. The van der Waals surface area contributed by atoms with Gasteiger partial charge in [-0.1, -0.05) is 29.4 Å². The van der Waals surface area contributed by atoms with Crippen LogP contribution < -0.4 is 0 Å². The Bertz CT molecular complexity index is 783. The van der Waals surface area contributed by atoms with Crippen molar-refractivity contribution in [2.75, 3.05) is 0 Å². The van der Waals surface area contributed by atoms with Crippen LogP contribution in [0.15, 0.2) is 46.3 Å². The molecule has 0 N–H and O–H groups in total. The van der Waals surface area contributed by atoms with Crippen molar-refractivity contribution < 1.29 is 8.91 Å². The highest BCUT2D eigenvalue weighted by molar-refractivity contribution is 7.13. The van der Waals surface area contributed by atoms with Crippen molar-refractivity contribution in [3.8, 4) is 10.7 Å². The van der Waals surface area contributed by atoms with Gasteiger partial charge >= 0.3 is 0 Å². The minimum absolute atomic E-state index is 0.164. The summed E-state index contributed by atoms with van der Waals surface area (Å²) in [4.78, 5) is 7.67. The third-order valence-electron chi connectivity index (χ3n) is 3.94. The van der Waals surface area contributed by atoms with Gasteiger partial charge in [0.1, 0.15) is 5.82 Å².